The van der Waals surface area contributed by atoms with E-state index in [1.165, 1.54) is 79.7 Å². The first-order valence-electron chi connectivity index (χ1n) is 24.7. The number of carbonyl (C=O) groups is 8. The van der Waals surface area contributed by atoms with Crippen molar-refractivity contribution in [2.75, 3.05) is 12.3 Å². The third kappa shape index (κ3) is 19.7. The highest BCUT2D eigenvalue weighted by atomic mass is 32.1. The number of nitrogens with zero attached hydrogens (tertiary/aromatic N) is 1. The molecule has 408 valence electrons. The van der Waals surface area contributed by atoms with Crippen molar-refractivity contribution < 1.29 is 58.6 Å². The maximum atomic E-state index is 14.6. The van der Waals surface area contributed by atoms with E-state index in [2.05, 4.69) is 49.8 Å². The van der Waals surface area contributed by atoms with Crippen molar-refractivity contribution in [3.63, 3.8) is 0 Å². The largest absolute Gasteiger partial charge is 0.508 e. The number of unbranched alkanes of at least 4 members (excludes halogenated alkanes) is 1. The molecule has 76 heavy (non-hydrogen) atoms. The van der Waals surface area contributed by atoms with Crippen molar-refractivity contribution in [3.05, 3.63) is 135 Å². The van der Waals surface area contributed by atoms with Gasteiger partial charge in [0.05, 0.1) is 4.92 Å². The van der Waals surface area contributed by atoms with Crippen LogP contribution in [0.4, 0.5) is 5.69 Å². The van der Waals surface area contributed by atoms with Gasteiger partial charge >= 0.3 is 5.97 Å². The third-order valence-electron chi connectivity index (χ3n) is 12.4. The molecule has 0 radical (unpaired) electrons. The predicted octanol–water partition coefficient (Wildman–Crippen LogP) is 1.88. The molecule has 0 aliphatic rings. The number of aromatic hydroxyl groups is 2. The lowest BCUT2D eigenvalue weighted by atomic mass is 9.96. The summed E-state index contributed by atoms with van der Waals surface area (Å²) in [7, 11) is 0. The number of benzene rings is 4. The SMILES string of the molecule is CC[C@H](C)[C@H](NC(=O)[C@H](CS)NC(C)=O)C(=O)N[C@@H](Cc1ccc(O)cc1)C(=O)N[C@@H](CCCCN)C(=O)N[C@@H](Cc1ccc([N+](=O)[O-])cc1)C(=O)N[C@@H](Cc1ccc(O)cc1)C(=O)N[C@@H](Cc1ccccc1)C(=O)O. The fraction of sp³-hybridized carbons (Fsp3) is 0.396. The lowest BCUT2D eigenvalue weighted by Gasteiger charge is -2.29. The lowest BCUT2D eigenvalue weighted by molar-refractivity contribution is -0.384. The highest BCUT2D eigenvalue weighted by Crippen LogP contribution is 2.18. The van der Waals surface area contributed by atoms with Gasteiger partial charge in [0.1, 0.15) is 53.8 Å². The van der Waals surface area contributed by atoms with Crippen LogP contribution in [-0.4, -0.2) is 122 Å². The molecule has 0 spiro atoms. The summed E-state index contributed by atoms with van der Waals surface area (Å²) in [6.07, 6.45) is 0.240. The molecule has 4 aromatic rings. The summed E-state index contributed by atoms with van der Waals surface area (Å²) in [5.74, 6) is -7.67. The molecule has 23 heteroatoms. The Hall–Kier alpha value is -8.05. The number of aliphatic carboxylic acids is 1. The number of nitrogens with one attached hydrogen (secondary N) is 7. The molecule has 0 bridgehead atoms. The second kappa shape index (κ2) is 30.4. The van der Waals surface area contributed by atoms with E-state index in [1.807, 2.05) is 0 Å². The predicted molar refractivity (Wildman–Crippen MR) is 284 cm³/mol. The van der Waals surface area contributed by atoms with Gasteiger partial charge in [0.15, 0.2) is 0 Å². The smallest absolute Gasteiger partial charge is 0.326 e. The van der Waals surface area contributed by atoms with E-state index in [-0.39, 0.29) is 68.0 Å². The highest BCUT2D eigenvalue weighted by molar-refractivity contribution is 7.80. The van der Waals surface area contributed by atoms with Gasteiger partial charge in [0.2, 0.25) is 41.4 Å². The van der Waals surface area contributed by atoms with Crippen molar-refractivity contribution in [1.29, 1.82) is 0 Å². The summed E-state index contributed by atoms with van der Waals surface area (Å²) < 4.78 is 0. The van der Waals surface area contributed by atoms with Gasteiger partial charge in [-0.3, -0.25) is 43.7 Å². The second-order valence-electron chi connectivity index (χ2n) is 18.3. The number of amides is 7. The summed E-state index contributed by atoms with van der Waals surface area (Å²) >= 11 is 4.17. The van der Waals surface area contributed by atoms with E-state index in [0.717, 1.165) is 0 Å². The normalized spacial score (nSPS) is 14.1. The molecular formula is C53H67N9O13S. The summed E-state index contributed by atoms with van der Waals surface area (Å²) in [6, 6.07) is 15.6. The van der Waals surface area contributed by atoms with Gasteiger partial charge < -0.3 is 58.3 Å². The maximum Gasteiger partial charge on any atom is 0.326 e. The Labute approximate surface area is 445 Å². The summed E-state index contributed by atoms with van der Waals surface area (Å²) in [6.45, 7) is 4.92. The van der Waals surface area contributed by atoms with E-state index in [0.29, 0.717) is 35.1 Å². The van der Waals surface area contributed by atoms with E-state index >= 15 is 0 Å². The number of carboxylic acid groups (broad SMARTS) is 1. The van der Waals surface area contributed by atoms with Crippen molar-refractivity contribution in [1.82, 2.24) is 37.2 Å². The molecule has 0 fully saturated rings. The van der Waals surface area contributed by atoms with Gasteiger partial charge in [0.25, 0.3) is 5.69 Å². The van der Waals surface area contributed by atoms with E-state index < -0.39 is 100 Å². The molecule has 0 saturated heterocycles. The van der Waals surface area contributed by atoms with Gasteiger partial charge in [-0.15, -0.1) is 0 Å². The maximum absolute atomic E-state index is 14.6. The minimum absolute atomic E-state index is 0.0375. The molecule has 12 N–H and O–H groups in total. The van der Waals surface area contributed by atoms with Crippen LogP contribution in [-0.2, 0) is 64.0 Å². The van der Waals surface area contributed by atoms with Crippen LogP contribution in [0.5, 0.6) is 11.5 Å². The molecule has 4 rings (SSSR count). The third-order valence-corrected chi connectivity index (χ3v) is 12.8. The molecule has 22 nitrogen and oxygen atoms in total. The van der Waals surface area contributed by atoms with E-state index in [9.17, 15) is 63.8 Å². The van der Waals surface area contributed by atoms with E-state index in [1.54, 1.807) is 44.2 Å². The van der Waals surface area contributed by atoms with Crippen LogP contribution in [0.25, 0.3) is 0 Å². The number of rotatable bonds is 30. The number of nitrogens with two attached hydrogens (primary N) is 1. The van der Waals surface area contributed by atoms with Crippen LogP contribution in [0.2, 0.25) is 0 Å². The zero-order valence-electron chi connectivity index (χ0n) is 42.4. The van der Waals surface area contributed by atoms with Gasteiger partial charge in [0, 0.05) is 50.5 Å². The molecule has 0 aliphatic carbocycles. The zero-order chi connectivity index (χ0) is 55.9. The zero-order valence-corrected chi connectivity index (χ0v) is 43.3. The van der Waals surface area contributed by atoms with Crippen molar-refractivity contribution in [2.45, 2.75) is 114 Å². The monoisotopic (exact) mass is 1070 g/mol. The number of thiol groups is 1. The highest BCUT2D eigenvalue weighted by Gasteiger charge is 2.35. The van der Waals surface area contributed by atoms with Gasteiger partial charge in [-0.1, -0.05) is 87.0 Å². The summed E-state index contributed by atoms with van der Waals surface area (Å²) in [5, 5.41) is 60.1. The number of hydrogen-bond acceptors (Lipinski definition) is 14. The number of phenolic OH excluding ortho intramolecular Hbond substituents is 2. The summed E-state index contributed by atoms with van der Waals surface area (Å²) in [5.41, 5.74) is 7.42. The Morgan fingerprint density at radius 1 is 0.553 bits per heavy atom. The van der Waals surface area contributed by atoms with E-state index in [4.69, 9.17) is 5.73 Å². The van der Waals surface area contributed by atoms with Gasteiger partial charge in [-0.2, -0.15) is 12.6 Å². The minimum Gasteiger partial charge on any atom is -0.508 e. The number of non-ortho nitro benzene ring substituents is 1. The van der Waals surface area contributed by atoms with Gasteiger partial charge in [-0.25, -0.2) is 4.79 Å². The Kier molecular flexibility index (Phi) is 24.2. The molecule has 7 amide bonds. The Morgan fingerprint density at radius 2 is 0.947 bits per heavy atom. The number of carbonyl (C=O) groups excluding carboxylic acids is 7. The van der Waals surface area contributed by atoms with Crippen LogP contribution in [0.3, 0.4) is 0 Å². The molecule has 0 unspecified atom stereocenters. The molecule has 0 aromatic heterocycles. The Bertz CT molecular complexity index is 2610. The molecule has 0 heterocycles. The Morgan fingerprint density at radius 3 is 1.37 bits per heavy atom. The first-order valence-corrected chi connectivity index (χ1v) is 25.3. The molecule has 4 aromatic carbocycles. The molecular weight excluding hydrogens is 1000 g/mol. The van der Waals surface area contributed by atoms with Crippen LogP contribution >= 0.6 is 12.6 Å². The van der Waals surface area contributed by atoms with Crippen LogP contribution in [0, 0.1) is 16.0 Å². The molecule has 8 atom stereocenters. The number of nitro groups is 1. The van der Waals surface area contributed by atoms with Crippen molar-refractivity contribution in [2.24, 2.45) is 11.7 Å². The second-order valence-corrected chi connectivity index (χ2v) is 18.7. The van der Waals surface area contributed by atoms with Crippen LogP contribution < -0.4 is 43.0 Å². The van der Waals surface area contributed by atoms with Crippen molar-refractivity contribution in [3.8, 4) is 11.5 Å². The summed E-state index contributed by atoms with van der Waals surface area (Å²) in [4.78, 5) is 121. The van der Waals surface area contributed by atoms with Crippen LogP contribution in [0.15, 0.2) is 103 Å². The van der Waals surface area contributed by atoms with Crippen LogP contribution in [0.1, 0.15) is 68.7 Å². The number of hydrogen-bond donors (Lipinski definition) is 12. The average molecular weight is 1070 g/mol. The topological polar surface area (TPSA) is 351 Å². The molecule has 0 aliphatic heterocycles. The number of carboxylic acids is 1. The fourth-order valence-electron chi connectivity index (χ4n) is 7.91. The quantitative estimate of drug-likeness (QED) is 0.0154. The molecule has 0 saturated carbocycles. The standard InChI is InChI=1S/C53H67N9O13S/c1-4-31(2)46(61-51(70)45(30-76)55-32(3)63)52(71)59-43(28-36-17-23-39(65)24-18-36)48(67)56-40(12-8-9-25-54)47(66)57-41(26-34-13-19-37(20-14-34)62(74)75)49(68)58-42(27-35-15-21-38(64)22-16-35)50(69)60-44(53(72)73)29-33-10-6-5-7-11-33/h5-7,10-11,13-24,31,40-46,64-65,76H,4,8-9,12,25-30,54H2,1-3H3,(H,55,63)(H,56,67)(H,57,66)(H,58,68)(H,59,71)(H,60,69)(H,61,70)(H,72,73)/t31-,40-,41-,42-,43-,44-,45-,46-/m0/s1. The van der Waals surface area contributed by atoms with Gasteiger partial charge in [-0.05, 0) is 78.2 Å². The fourth-order valence-corrected chi connectivity index (χ4v) is 8.17. The first kappa shape index (κ1) is 60.5. The first-order chi connectivity index (χ1) is 36.2. The number of phenols is 2. The average Bonchev–Trinajstić information content (AvgIpc) is 3.39. The number of nitro benzene ring substituents is 1. The Balaban J connectivity index is 1.71. The minimum atomic E-state index is -1.55. The lowest BCUT2D eigenvalue weighted by Crippen LogP contribution is -2.61. The van der Waals surface area contributed by atoms with Crippen molar-refractivity contribution >= 4 is 65.6 Å².